The average molecular weight is 323 g/mol. The maximum Gasteiger partial charge on any atom is 0.152 e. The van der Waals surface area contributed by atoms with Crippen LogP contribution < -0.4 is 16.2 Å². The van der Waals surface area contributed by atoms with E-state index in [0.29, 0.717) is 5.82 Å². The molecule has 7 nitrogen and oxygen atoms in total. The number of benzene rings is 1. The van der Waals surface area contributed by atoms with Gasteiger partial charge in [0, 0.05) is 18.1 Å². The van der Waals surface area contributed by atoms with Crippen LogP contribution in [0.15, 0.2) is 30.5 Å². The number of hydrogen-bond donors (Lipinski definition) is 3. The molecule has 2 aromatic heterocycles. The number of rotatable bonds is 4. The third-order valence-electron chi connectivity index (χ3n) is 4.36. The van der Waals surface area contributed by atoms with Crippen molar-refractivity contribution in [3.63, 3.8) is 0 Å². The zero-order chi connectivity index (χ0) is 16.7. The smallest absolute Gasteiger partial charge is 0.152 e. The number of aromatic amines is 1. The molecule has 0 unspecified atom stereocenters. The molecule has 3 aromatic rings. The molecule has 3 heterocycles. The maximum absolute atomic E-state index is 6.15. The van der Waals surface area contributed by atoms with E-state index < -0.39 is 0 Å². The van der Waals surface area contributed by atoms with Gasteiger partial charge in [0.2, 0.25) is 0 Å². The molecule has 24 heavy (non-hydrogen) atoms. The average Bonchev–Trinajstić information content (AvgIpc) is 3.24. The van der Waals surface area contributed by atoms with Gasteiger partial charge in [-0.15, -0.1) is 0 Å². The summed E-state index contributed by atoms with van der Waals surface area (Å²) in [6.45, 7) is 4.68. The predicted molar refractivity (Wildman–Crippen MR) is 97.4 cm³/mol. The van der Waals surface area contributed by atoms with Gasteiger partial charge in [0.15, 0.2) is 5.82 Å². The van der Waals surface area contributed by atoms with Crippen molar-refractivity contribution in [2.45, 2.75) is 13.5 Å². The number of anilines is 2. The minimum Gasteiger partial charge on any atom is -0.382 e. The van der Waals surface area contributed by atoms with Crippen LogP contribution in [-0.2, 0) is 6.54 Å². The Kier molecular flexibility index (Phi) is 3.59. The zero-order valence-electron chi connectivity index (χ0n) is 13.9. The van der Waals surface area contributed by atoms with Gasteiger partial charge in [0.25, 0.3) is 0 Å². The molecule has 0 fully saturated rings. The summed E-state index contributed by atoms with van der Waals surface area (Å²) >= 11 is 0. The maximum atomic E-state index is 6.15. The van der Waals surface area contributed by atoms with Crippen molar-refractivity contribution in [1.29, 1.82) is 0 Å². The van der Waals surface area contributed by atoms with Crippen LogP contribution in [-0.4, -0.2) is 40.0 Å². The van der Waals surface area contributed by atoms with E-state index in [1.165, 1.54) is 0 Å². The number of hydrogen-bond acceptors (Lipinski definition) is 6. The lowest BCUT2D eigenvalue weighted by Crippen LogP contribution is -2.28. The molecule has 0 amide bonds. The second-order valence-electron chi connectivity index (χ2n) is 6.05. The first kappa shape index (κ1) is 14.9. The highest BCUT2D eigenvalue weighted by Gasteiger charge is 2.14. The molecule has 1 aliphatic rings. The second-order valence-corrected chi connectivity index (χ2v) is 6.05. The van der Waals surface area contributed by atoms with Crippen LogP contribution in [0.25, 0.3) is 21.9 Å². The van der Waals surface area contributed by atoms with E-state index in [1.54, 1.807) is 0 Å². The Morgan fingerprint density at radius 3 is 2.96 bits per heavy atom. The largest absolute Gasteiger partial charge is 0.382 e. The van der Waals surface area contributed by atoms with Gasteiger partial charge in [-0.1, -0.05) is 13.0 Å². The summed E-state index contributed by atoms with van der Waals surface area (Å²) in [4.78, 5) is 14.8. The van der Waals surface area contributed by atoms with E-state index in [-0.39, 0.29) is 0 Å². The lowest BCUT2D eigenvalue weighted by molar-refractivity contribution is 0.338. The van der Waals surface area contributed by atoms with E-state index in [1.807, 2.05) is 17.3 Å². The highest BCUT2D eigenvalue weighted by Crippen LogP contribution is 2.29. The summed E-state index contributed by atoms with van der Waals surface area (Å²) in [6, 6.07) is 6.17. The molecule has 124 valence electrons. The van der Waals surface area contributed by atoms with Gasteiger partial charge in [-0.2, -0.15) is 0 Å². The Morgan fingerprint density at radius 2 is 2.21 bits per heavy atom. The van der Waals surface area contributed by atoms with Crippen molar-refractivity contribution in [2.75, 3.05) is 30.9 Å². The number of pyridine rings is 1. The Bertz CT molecular complexity index is 927. The third kappa shape index (κ3) is 2.47. The van der Waals surface area contributed by atoms with Crippen molar-refractivity contribution in [2.24, 2.45) is 0 Å². The van der Waals surface area contributed by atoms with Crippen molar-refractivity contribution >= 4 is 33.4 Å². The fraction of sp³-hybridized carbons (Fsp3) is 0.294. The molecular formula is C17H21N7. The number of imidazole rings is 1. The molecule has 4 rings (SSSR count). The highest BCUT2D eigenvalue weighted by atomic mass is 15.5. The summed E-state index contributed by atoms with van der Waals surface area (Å²) in [5, 5.41) is 3.01. The SMILES string of the molecule is CCN(C)Cc1nc2c(N)nc3cc(N4C=CCN4)ccc3c2[nH]1. The molecule has 1 aliphatic heterocycles. The monoisotopic (exact) mass is 323 g/mol. The van der Waals surface area contributed by atoms with Gasteiger partial charge in [0.05, 0.1) is 23.3 Å². The fourth-order valence-corrected chi connectivity index (χ4v) is 2.94. The fourth-order valence-electron chi connectivity index (χ4n) is 2.94. The molecule has 4 N–H and O–H groups in total. The summed E-state index contributed by atoms with van der Waals surface area (Å²) < 4.78 is 0. The Balaban J connectivity index is 1.82. The van der Waals surface area contributed by atoms with Crippen LogP contribution in [0.3, 0.4) is 0 Å². The highest BCUT2D eigenvalue weighted by molar-refractivity contribution is 6.06. The van der Waals surface area contributed by atoms with Crippen molar-refractivity contribution in [1.82, 2.24) is 25.3 Å². The molecule has 7 heteroatoms. The number of fused-ring (bicyclic) bond motifs is 3. The second kappa shape index (κ2) is 5.77. The summed E-state index contributed by atoms with van der Waals surface area (Å²) in [6.07, 6.45) is 4.08. The molecule has 0 aliphatic carbocycles. The normalized spacial score (nSPS) is 14.5. The zero-order valence-corrected chi connectivity index (χ0v) is 13.9. The molecule has 1 aromatic carbocycles. The minimum absolute atomic E-state index is 0.459. The van der Waals surface area contributed by atoms with Crippen LogP contribution in [0.1, 0.15) is 12.7 Å². The summed E-state index contributed by atoms with van der Waals surface area (Å²) in [7, 11) is 2.07. The number of nitrogens with one attached hydrogen (secondary N) is 2. The van der Waals surface area contributed by atoms with E-state index in [4.69, 9.17) is 5.73 Å². The summed E-state index contributed by atoms with van der Waals surface area (Å²) in [5.74, 6) is 1.37. The number of nitrogens with zero attached hydrogens (tertiary/aromatic N) is 4. The topological polar surface area (TPSA) is 86.1 Å². The van der Waals surface area contributed by atoms with Crippen molar-refractivity contribution in [3.8, 4) is 0 Å². The molecule has 0 bridgehead atoms. The standard InChI is InChI=1S/C17H21N7/c1-3-23(2)10-14-21-15-12-6-5-11(24-8-4-7-19-24)9-13(12)20-17(18)16(15)22-14/h4-6,8-9,19H,3,7,10H2,1-2H3,(H2,18,20)(H,21,22). The third-order valence-corrected chi connectivity index (χ3v) is 4.36. The number of hydrazine groups is 1. The van der Waals surface area contributed by atoms with Crippen LogP contribution in [0, 0.1) is 0 Å². The molecular weight excluding hydrogens is 302 g/mol. The van der Waals surface area contributed by atoms with Gasteiger partial charge in [-0.25, -0.2) is 15.4 Å². The molecule has 0 spiro atoms. The first-order valence-electron chi connectivity index (χ1n) is 8.11. The quantitative estimate of drug-likeness (QED) is 0.681. The predicted octanol–water partition coefficient (Wildman–Crippen LogP) is 1.98. The summed E-state index contributed by atoms with van der Waals surface area (Å²) in [5.41, 5.74) is 13.0. The molecule has 0 saturated heterocycles. The molecule has 0 atom stereocenters. The Hall–Kier alpha value is -2.64. The number of H-pyrrole nitrogens is 1. The number of nitrogens with two attached hydrogens (primary N) is 1. The van der Waals surface area contributed by atoms with E-state index in [2.05, 4.69) is 57.5 Å². The van der Waals surface area contributed by atoms with Gasteiger partial charge in [-0.3, -0.25) is 9.91 Å². The Labute approximate surface area is 140 Å². The van der Waals surface area contributed by atoms with Crippen LogP contribution >= 0.6 is 0 Å². The lowest BCUT2D eigenvalue weighted by atomic mass is 10.1. The van der Waals surface area contributed by atoms with Gasteiger partial charge in [0.1, 0.15) is 11.3 Å². The van der Waals surface area contributed by atoms with E-state index in [9.17, 15) is 0 Å². The van der Waals surface area contributed by atoms with Gasteiger partial charge < -0.3 is 10.7 Å². The Morgan fingerprint density at radius 1 is 1.33 bits per heavy atom. The van der Waals surface area contributed by atoms with Crippen LogP contribution in [0.2, 0.25) is 0 Å². The number of nitrogen functional groups attached to an aromatic ring is 1. The molecule has 0 radical (unpaired) electrons. The van der Waals surface area contributed by atoms with E-state index >= 15 is 0 Å². The van der Waals surface area contributed by atoms with Crippen molar-refractivity contribution in [3.05, 3.63) is 36.3 Å². The van der Waals surface area contributed by atoms with E-state index in [0.717, 1.165) is 53.1 Å². The number of aromatic nitrogens is 3. The first-order valence-corrected chi connectivity index (χ1v) is 8.11. The van der Waals surface area contributed by atoms with Crippen molar-refractivity contribution < 1.29 is 0 Å². The first-order chi connectivity index (χ1) is 11.7. The minimum atomic E-state index is 0.459. The van der Waals surface area contributed by atoms with Crippen LogP contribution in [0.4, 0.5) is 11.5 Å². The lowest BCUT2D eigenvalue weighted by Gasteiger charge is -2.16. The van der Waals surface area contributed by atoms with Gasteiger partial charge >= 0.3 is 0 Å². The molecule has 0 saturated carbocycles. The van der Waals surface area contributed by atoms with Crippen LogP contribution in [0.5, 0.6) is 0 Å². The van der Waals surface area contributed by atoms with Gasteiger partial charge in [-0.05, 0) is 31.8 Å².